The van der Waals surface area contributed by atoms with Crippen LogP contribution in [0.3, 0.4) is 0 Å². The maximum atomic E-state index is 12.3. The van der Waals surface area contributed by atoms with E-state index in [1.165, 1.54) is 0 Å². The van der Waals surface area contributed by atoms with Gasteiger partial charge in [0.1, 0.15) is 5.60 Å². The molecule has 0 radical (unpaired) electrons. The molecule has 1 saturated heterocycles. The SMILES string of the molecule is CC(C)(C)OC(=O)N1C[C@H](N)C[C@H](O[Si](C)(C)C(C)(C)C)C1. The van der Waals surface area contributed by atoms with Crippen molar-refractivity contribution in [2.75, 3.05) is 13.1 Å². The molecule has 5 nitrogen and oxygen atoms in total. The van der Waals surface area contributed by atoms with Crippen molar-refractivity contribution in [3.8, 4) is 0 Å². The average molecular weight is 331 g/mol. The van der Waals surface area contributed by atoms with Crippen molar-refractivity contribution in [1.29, 1.82) is 0 Å². The number of ether oxygens (including phenoxy) is 1. The minimum absolute atomic E-state index is 0.00263. The van der Waals surface area contributed by atoms with Gasteiger partial charge in [0.2, 0.25) is 0 Å². The van der Waals surface area contributed by atoms with Crippen LogP contribution in [-0.4, -0.2) is 50.1 Å². The molecule has 1 aliphatic rings. The summed E-state index contributed by atoms with van der Waals surface area (Å²) in [6.45, 7) is 17.8. The highest BCUT2D eigenvalue weighted by molar-refractivity contribution is 6.74. The molecule has 2 N–H and O–H groups in total. The van der Waals surface area contributed by atoms with E-state index in [0.717, 1.165) is 6.42 Å². The van der Waals surface area contributed by atoms with Crippen LogP contribution >= 0.6 is 0 Å². The van der Waals surface area contributed by atoms with Crippen molar-refractivity contribution < 1.29 is 14.0 Å². The molecule has 0 bridgehead atoms. The van der Waals surface area contributed by atoms with Gasteiger partial charge in [-0.1, -0.05) is 20.8 Å². The lowest BCUT2D eigenvalue weighted by atomic mass is 10.0. The summed E-state index contributed by atoms with van der Waals surface area (Å²) in [4.78, 5) is 14.0. The molecule has 22 heavy (non-hydrogen) atoms. The third-order valence-electron chi connectivity index (χ3n) is 4.36. The van der Waals surface area contributed by atoms with E-state index in [1.54, 1.807) is 4.90 Å². The standard InChI is InChI=1S/C16H34N2O3Si/c1-15(2,3)20-14(19)18-10-12(17)9-13(11-18)21-22(7,8)16(4,5)6/h12-13H,9-11,17H2,1-8H3/t12-,13+/m1/s1. The Bertz CT molecular complexity index is 399. The van der Waals surface area contributed by atoms with E-state index in [4.69, 9.17) is 14.9 Å². The van der Waals surface area contributed by atoms with Gasteiger partial charge in [0, 0.05) is 19.1 Å². The third kappa shape index (κ3) is 5.55. The van der Waals surface area contributed by atoms with Crippen LogP contribution in [0.25, 0.3) is 0 Å². The van der Waals surface area contributed by atoms with Gasteiger partial charge in [0.15, 0.2) is 8.32 Å². The molecule has 2 atom stereocenters. The zero-order valence-corrected chi connectivity index (χ0v) is 16.5. The minimum Gasteiger partial charge on any atom is -0.444 e. The Morgan fingerprint density at radius 2 is 1.68 bits per heavy atom. The first-order valence-electron chi connectivity index (χ1n) is 8.12. The lowest BCUT2D eigenvalue weighted by Crippen LogP contribution is -2.56. The predicted octanol–water partition coefficient (Wildman–Crippen LogP) is 3.34. The maximum Gasteiger partial charge on any atom is 0.410 e. The van der Waals surface area contributed by atoms with E-state index < -0.39 is 13.9 Å². The summed E-state index contributed by atoms with van der Waals surface area (Å²) in [6.07, 6.45) is 0.495. The van der Waals surface area contributed by atoms with Crippen LogP contribution in [-0.2, 0) is 9.16 Å². The molecule has 0 aromatic carbocycles. The number of hydrogen-bond acceptors (Lipinski definition) is 4. The zero-order chi connectivity index (χ0) is 17.3. The Morgan fingerprint density at radius 1 is 1.14 bits per heavy atom. The summed E-state index contributed by atoms with van der Waals surface area (Å²) >= 11 is 0. The Balaban J connectivity index is 2.74. The number of carbonyl (C=O) groups excluding carboxylic acids is 1. The van der Waals surface area contributed by atoms with Crippen LogP contribution < -0.4 is 5.73 Å². The van der Waals surface area contributed by atoms with Gasteiger partial charge < -0.3 is 19.8 Å². The lowest BCUT2D eigenvalue weighted by molar-refractivity contribution is 0.00267. The number of likely N-dealkylation sites (tertiary alicyclic amines) is 1. The number of hydrogen-bond donors (Lipinski definition) is 1. The summed E-state index contributed by atoms with van der Waals surface area (Å²) in [5, 5.41) is 0.144. The van der Waals surface area contributed by atoms with Gasteiger partial charge in [-0.05, 0) is 45.3 Å². The molecular formula is C16H34N2O3Si. The predicted molar refractivity (Wildman–Crippen MR) is 92.5 cm³/mol. The number of amides is 1. The van der Waals surface area contributed by atoms with Crippen molar-refractivity contribution in [2.45, 2.75) is 83.8 Å². The summed E-state index contributed by atoms with van der Waals surface area (Å²) in [7, 11) is -1.87. The monoisotopic (exact) mass is 330 g/mol. The highest BCUT2D eigenvalue weighted by Crippen LogP contribution is 2.38. The normalized spacial score (nSPS) is 24.3. The largest absolute Gasteiger partial charge is 0.444 e. The molecule has 1 fully saturated rings. The molecule has 1 aliphatic heterocycles. The van der Waals surface area contributed by atoms with E-state index in [9.17, 15) is 4.79 Å². The smallest absolute Gasteiger partial charge is 0.410 e. The molecule has 0 aliphatic carbocycles. The maximum absolute atomic E-state index is 12.3. The number of piperidine rings is 1. The fourth-order valence-corrected chi connectivity index (χ4v) is 3.60. The molecule has 0 unspecified atom stereocenters. The summed E-state index contributed by atoms with van der Waals surface area (Å²) in [5.41, 5.74) is 5.64. The fraction of sp³-hybridized carbons (Fsp3) is 0.938. The quantitative estimate of drug-likeness (QED) is 0.789. The van der Waals surface area contributed by atoms with Crippen LogP contribution in [0.4, 0.5) is 4.79 Å². The minimum atomic E-state index is -1.87. The first kappa shape index (κ1) is 19.5. The molecule has 1 rings (SSSR count). The van der Waals surface area contributed by atoms with E-state index in [0.29, 0.717) is 13.1 Å². The molecule has 1 amide bonds. The summed E-state index contributed by atoms with van der Waals surface area (Å²) in [6, 6.07) is -0.0592. The van der Waals surface area contributed by atoms with E-state index >= 15 is 0 Å². The van der Waals surface area contributed by atoms with E-state index in [-0.39, 0.29) is 23.3 Å². The van der Waals surface area contributed by atoms with Gasteiger partial charge >= 0.3 is 6.09 Å². The van der Waals surface area contributed by atoms with Crippen molar-refractivity contribution in [2.24, 2.45) is 5.73 Å². The molecule has 0 aromatic rings. The Morgan fingerprint density at radius 3 is 2.14 bits per heavy atom. The van der Waals surface area contributed by atoms with Crippen molar-refractivity contribution in [1.82, 2.24) is 4.90 Å². The van der Waals surface area contributed by atoms with Crippen LogP contribution in [0.1, 0.15) is 48.0 Å². The van der Waals surface area contributed by atoms with Crippen LogP contribution in [0, 0.1) is 0 Å². The van der Waals surface area contributed by atoms with Crippen LogP contribution in [0.2, 0.25) is 18.1 Å². The number of nitrogens with two attached hydrogens (primary N) is 1. The Labute approximate surface area is 136 Å². The van der Waals surface area contributed by atoms with Crippen molar-refractivity contribution >= 4 is 14.4 Å². The second kappa shape index (κ2) is 6.49. The number of rotatable bonds is 2. The molecular weight excluding hydrogens is 296 g/mol. The zero-order valence-electron chi connectivity index (χ0n) is 15.5. The summed E-state index contributed by atoms with van der Waals surface area (Å²) < 4.78 is 11.9. The molecule has 0 saturated carbocycles. The highest BCUT2D eigenvalue weighted by atomic mass is 28.4. The van der Waals surface area contributed by atoms with Crippen LogP contribution in [0.5, 0.6) is 0 Å². The molecule has 0 aromatic heterocycles. The van der Waals surface area contributed by atoms with Gasteiger partial charge in [0.05, 0.1) is 6.10 Å². The highest BCUT2D eigenvalue weighted by Gasteiger charge is 2.41. The van der Waals surface area contributed by atoms with Gasteiger partial charge in [0.25, 0.3) is 0 Å². The van der Waals surface area contributed by atoms with Crippen LogP contribution in [0.15, 0.2) is 0 Å². The molecule has 6 heteroatoms. The number of carbonyl (C=O) groups is 1. The van der Waals surface area contributed by atoms with Crippen molar-refractivity contribution in [3.63, 3.8) is 0 Å². The molecule has 0 spiro atoms. The first-order chi connectivity index (χ1) is 9.71. The van der Waals surface area contributed by atoms with Crippen molar-refractivity contribution in [3.05, 3.63) is 0 Å². The van der Waals surface area contributed by atoms with Gasteiger partial charge in [-0.15, -0.1) is 0 Å². The van der Waals surface area contributed by atoms with Gasteiger partial charge in [-0.2, -0.15) is 0 Å². The number of nitrogens with zero attached hydrogens (tertiary/aromatic N) is 1. The lowest BCUT2D eigenvalue weighted by Gasteiger charge is -2.43. The summed E-state index contributed by atoms with van der Waals surface area (Å²) in [5.74, 6) is 0. The van der Waals surface area contributed by atoms with E-state index in [2.05, 4.69) is 33.9 Å². The van der Waals surface area contributed by atoms with Gasteiger partial charge in [-0.25, -0.2) is 4.79 Å². The Kier molecular flexibility index (Phi) is 5.74. The average Bonchev–Trinajstić information content (AvgIpc) is 2.23. The molecule has 130 valence electrons. The second-order valence-corrected chi connectivity index (χ2v) is 13.6. The third-order valence-corrected chi connectivity index (χ3v) is 8.90. The fourth-order valence-electron chi connectivity index (χ4n) is 2.24. The van der Waals surface area contributed by atoms with E-state index in [1.807, 2.05) is 20.8 Å². The molecule has 1 heterocycles. The van der Waals surface area contributed by atoms with Gasteiger partial charge in [-0.3, -0.25) is 0 Å². The Hall–Kier alpha value is -0.593. The first-order valence-corrected chi connectivity index (χ1v) is 11.0. The second-order valence-electron chi connectivity index (χ2n) is 8.88. The topological polar surface area (TPSA) is 64.8 Å².